The van der Waals surface area contributed by atoms with E-state index in [0.717, 1.165) is 22.8 Å². The van der Waals surface area contributed by atoms with Crippen molar-refractivity contribution in [2.75, 3.05) is 18.9 Å². The SMILES string of the molecule is C[C@@H](CNC(=O)COC(=O)CSc1nc2ccccc2o1)c1ccccc1. The first-order chi connectivity index (χ1) is 13.1. The van der Waals surface area contributed by atoms with E-state index in [1.165, 1.54) is 0 Å². The summed E-state index contributed by atoms with van der Waals surface area (Å²) in [5.41, 5.74) is 2.55. The number of esters is 1. The maximum atomic E-state index is 11.8. The number of oxazole rings is 1. The lowest BCUT2D eigenvalue weighted by Gasteiger charge is -2.13. The van der Waals surface area contributed by atoms with Gasteiger partial charge in [-0.25, -0.2) is 4.98 Å². The molecule has 3 aromatic rings. The highest BCUT2D eigenvalue weighted by molar-refractivity contribution is 7.99. The first kappa shape index (κ1) is 19.0. The fraction of sp³-hybridized carbons (Fsp3) is 0.250. The summed E-state index contributed by atoms with van der Waals surface area (Å²) < 4.78 is 10.5. The molecule has 0 aliphatic carbocycles. The number of fused-ring (bicyclic) bond motifs is 1. The Labute approximate surface area is 161 Å². The first-order valence-corrected chi connectivity index (χ1v) is 9.56. The van der Waals surface area contributed by atoms with Crippen LogP contribution >= 0.6 is 11.8 Å². The number of thioether (sulfide) groups is 1. The molecule has 0 spiro atoms. The summed E-state index contributed by atoms with van der Waals surface area (Å²) in [6.45, 7) is 2.21. The third kappa shape index (κ3) is 5.59. The number of nitrogens with zero attached hydrogens (tertiary/aromatic N) is 1. The lowest BCUT2D eigenvalue weighted by Crippen LogP contribution is -2.31. The minimum atomic E-state index is -0.492. The molecule has 27 heavy (non-hydrogen) atoms. The van der Waals surface area contributed by atoms with Crippen LogP contribution < -0.4 is 5.32 Å². The van der Waals surface area contributed by atoms with Crippen molar-refractivity contribution in [3.05, 3.63) is 60.2 Å². The average molecular weight is 384 g/mol. The van der Waals surface area contributed by atoms with Crippen molar-refractivity contribution in [3.63, 3.8) is 0 Å². The molecule has 7 heteroatoms. The Bertz CT molecular complexity index is 878. The van der Waals surface area contributed by atoms with E-state index in [-0.39, 0.29) is 24.2 Å². The van der Waals surface area contributed by atoms with Gasteiger partial charge in [0, 0.05) is 6.54 Å². The molecular formula is C20H20N2O4S. The molecular weight excluding hydrogens is 364 g/mol. The van der Waals surface area contributed by atoms with Gasteiger partial charge in [-0.1, -0.05) is 61.2 Å². The van der Waals surface area contributed by atoms with Gasteiger partial charge in [0.25, 0.3) is 11.1 Å². The van der Waals surface area contributed by atoms with Gasteiger partial charge in [0.2, 0.25) is 0 Å². The van der Waals surface area contributed by atoms with Gasteiger partial charge < -0.3 is 14.5 Å². The smallest absolute Gasteiger partial charge is 0.316 e. The Morgan fingerprint density at radius 1 is 1.15 bits per heavy atom. The lowest BCUT2D eigenvalue weighted by molar-refractivity contribution is -0.145. The quantitative estimate of drug-likeness (QED) is 0.474. The van der Waals surface area contributed by atoms with Gasteiger partial charge in [0.1, 0.15) is 11.3 Å². The molecule has 140 valence electrons. The van der Waals surface area contributed by atoms with Gasteiger partial charge in [-0.05, 0) is 23.6 Å². The molecule has 1 atom stereocenters. The van der Waals surface area contributed by atoms with Gasteiger partial charge in [-0.2, -0.15) is 0 Å². The highest BCUT2D eigenvalue weighted by Gasteiger charge is 2.12. The van der Waals surface area contributed by atoms with Crippen molar-refractivity contribution in [3.8, 4) is 0 Å². The van der Waals surface area contributed by atoms with Crippen LogP contribution in [0.15, 0.2) is 64.2 Å². The van der Waals surface area contributed by atoms with E-state index >= 15 is 0 Å². The van der Waals surface area contributed by atoms with Crippen LogP contribution in [0.3, 0.4) is 0 Å². The summed E-state index contributed by atoms with van der Waals surface area (Å²) in [6, 6.07) is 17.3. The minimum Gasteiger partial charge on any atom is -0.455 e. The van der Waals surface area contributed by atoms with Crippen molar-refractivity contribution in [2.45, 2.75) is 18.1 Å². The molecule has 0 radical (unpaired) electrons. The van der Waals surface area contributed by atoms with E-state index in [1.807, 2.05) is 61.5 Å². The highest BCUT2D eigenvalue weighted by atomic mass is 32.2. The number of rotatable bonds is 8. The molecule has 1 amide bonds. The molecule has 0 aliphatic heterocycles. The van der Waals surface area contributed by atoms with Crippen molar-refractivity contribution in [1.82, 2.24) is 10.3 Å². The number of amides is 1. The zero-order valence-electron chi connectivity index (χ0n) is 14.9. The van der Waals surface area contributed by atoms with Crippen molar-refractivity contribution >= 4 is 34.7 Å². The third-order valence-electron chi connectivity index (χ3n) is 3.93. The number of hydrogen-bond donors (Lipinski definition) is 1. The molecule has 1 N–H and O–H groups in total. The van der Waals surface area contributed by atoms with Crippen LogP contribution in [0.2, 0.25) is 0 Å². The van der Waals surface area contributed by atoms with E-state index in [1.54, 1.807) is 0 Å². The summed E-state index contributed by atoms with van der Waals surface area (Å²) in [5, 5.41) is 3.17. The lowest BCUT2D eigenvalue weighted by atomic mass is 10.0. The topological polar surface area (TPSA) is 81.4 Å². The maximum absolute atomic E-state index is 11.8. The van der Waals surface area contributed by atoms with Crippen LogP contribution in [0.5, 0.6) is 0 Å². The Balaban J connectivity index is 1.36. The van der Waals surface area contributed by atoms with Crippen LogP contribution in [-0.2, 0) is 14.3 Å². The predicted molar refractivity (Wildman–Crippen MR) is 104 cm³/mol. The van der Waals surface area contributed by atoms with Crippen LogP contribution in [0, 0.1) is 0 Å². The Hall–Kier alpha value is -2.80. The normalized spacial score (nSPS) is 11.9. The third-order valence-corrected chi connectivity index (χ3v) is 4.73. The van der Waals surface area contributed by atoms with Gasteiger partial charge >= 0.3 is 5.97 Å². The van der Waals surface area contributed by atoms with E-state index in [4.69, 9.17) is 9.15 Å². The second-order valence-electron chi connectivity index (χ2n) is 6.01. The average Bonchev–Trinajstić information content (AvgIpc) is 3.12. The Kier molecular flexibility index (Phi) is 6.49. The zero-order valence-corrected chi connectivity index (χ0v) is 15.7. The fourth-order valence-corrected chi connectivity index (χ4v) is 3.07. The standard InChI is InChI=1S/C20H20N2O4S/c1-14(15-7-3-2-4-8-15)11-21-18(23)12-25-19(24)13-27-20-22-16-9-5-6-10-17(16)26-20/h2-10,14H,11-13H2,1H3,(H,21,23)/t14-/m0/s1. The number of nitrogens with one attached hydrogen (secondary N) is 1. The van der Waals surface area contributed by atoms with Gasteiger partial charge in [0.15, 0.2) is 12.2 Å². The van der Waals surface area contributed by atoms with E-state index < -0.39 is 5.97 Å². The number of ether oxygens (including phenoxy) is 1. The van der Waals surface area contributed by atoms with Crippen molar-refractivity contribution in [1.29, 1.82) is 0 Å². The largest absolute Gasteiger partial charge is 0.455 e. The molecule has 0 fully saturated rings. The second kappa shape index (κ2) is 9.23. The molecule has 1 aromatic heterocycles. The monoisotopic (exact) mass is 384 g/mol. The van der Waals surface area contributed by atoms with Gasteiger partial charge in [-0.3, -0.25) is 9.59 Å². The van der Waals surface area contributed by atoms with E-state index in [2.05, 4.69) is 10.3 Å². The number of para-hydroxylation sites is 2. The number of benzene rings is 2. The second-order valence-corrected chi connectivity index (χ2v) is 6.94. The number of aromatic nitrogens is 1. The molecule has 6 nitrogen and oxygen atoms in total. The Morgan fingerprint density at radius 2 is 1.89 bits per heavy atom. The summed E-state index contributed by atoms with van der Waals surface area (Å²) in [4.78, 5) is 27.9. The van der Waals surface area contributed by atoms with Crippen LogP contribution in [0.1, 0.15) is 18.4 Å². The van der Waals surface area contributed by atoms with Crippen LogP contribution in [0.25, 0.3) is 11.1 Å². The predicted octanol–water partition coefficient (Wildman–Crippen LogP) is 3.38. The molecule has 2 aromatic carbocycles. The zero-order chi connectivity index (χ0) is 19.1. The number of carbonyl (C=O) groups is 2. The molecule has 0 unspecified atom stereocenters. The van der Waals surface area contributed by atoms with Crippen molar-refractivity contribution < 1.29 is 18.7 Å². The highest BCUT2D eigenvalue weighted by Crippen LogP contribution is 2.23. The molecule has 0 saturated carbocycles. The minimum absolute atomic E-state index is 0.0283. The molecule has 3 rings (SSSR count). The number of carbonyl (C=O) groups excluding carboxylic acids is 2. The Morgan fingerprint density at radius 3 is 2.67 bits per heavy atom. The van der Waals surface area contributed by atoms with Crippen LogP contribution in [-0.4, -0.2) is 35.8 Å². The van der Waals surface area contributed by atoms with Gasteiger partial charge in [-0.15, -0.1) is 0 Å². The first-order valence-electron chi connectivity index (χ1n) is 8.57. The maximum Gasteiger partial charge on any atom is 0.316 e. The summed E-state index contributed by atoms with van der Waals surface area (Å²) >= 11 is 1.14. The van der Waals surface area contributed by atoms with Crippen LogP contribution in [0.4, 0.5) is 0 Å². The molecule has 0 bridgehead atoms. The van der Waals surface area contributed by atoms with E-state index in [0.29, 0.717) is 17.4 Å². The molecule has 0 saturated heterocycles. The molecule has 0 aliphatic rings. The summed E-state index contributed by atoms with van der Waals surface area (Å²) in [5.74, 6) is -0.604. The molecule has 1 heterocycles. The van der Waals surface area contributed by atoms with E-state index in [9.17, 15) is 9.59 Å². The number of hydrogen-bond acceptors (Lipinski definition) is 6. The summed E-state index contributed by atoms with van der Waals surface area (Å²) in [6.07, 6.45) is 0. The fourth-order valence-electron chi connectivity index (χ4n) is 2.44. The van der Waals surface area contributed by atoms with Gasteiger partial charge in [0.05, 0.1) is 0 Å². The summed E-state index contributed by atoms with van der Waals surface area (Å²) in [7, 11) is 0. The van der Waals surface area contributed by atoms with Crippen molar-refractivity contribution in [2.24, 2.45) is 0 Å².